The van der Waals surface area contributed by atoms with E-state index in [0.717, 1.165) is 11.4 Å². The van der Waals surface area contributed by atoms with Crippen LogP contribution in [0.25, 0.3) is 0 Å². The highest BCUT2D eigenvalue weighted by molar-refractivity contribution is 5.90. The van der Waals surface area contributed by atoms with E-state index in [1.165, 1.54) is 0 Å². The molecular weight excluding hydrogens is 224 g/mol. The Bertz CT molecular complexity index is 494. The first kappa shape index (κ1) is 12.2. The number of aliphatic imine (C=N–C) groups is 1. The molecule has 0 aliphatic carbocycles. The van der Waals surface area contributed by atoms with Gasteiger partial charge in [0.25, 0.3) is 6.02 Å². The van der Waals surface area contributed by atoms with Gasteiger partial charge < -0.3 is 10.1 Å². The van der Waals surface area contributed by atoms with E-state index in [0.29, 0.717) is 12.6 Å². The van der Waals surface area contributed by atoms with E-state index < -0.39 is 0 Å². The van der Waals surface area contributed by atoms with Crippen molar-refractivity contribution in [2.45, 2.75) is 6.92 Å². The number of hydrogen-bond donors (Lipinski definition) is 1. The first-order chi connectivity index (χ1) is 8.88. The third-order valence-electron chi connectivity index (χ3n) is 2.29. The predicted molar refractivity (Wildman–Crippen MR) is 75.2 cm³/mol. The van der Waals surface area contributed by atoms with Crippen molar-refractivity contribution >= 4 is 17.4 Å². The summed E-state index contributed by atoms with van der Waals surface area (Å²) in [5.41, 5.74) is 1.82. The Morgan fingerprint density at radius 1 is 1.00 bits per heavy atom. The second-order valence-electron chi connectivity index (χ2n) is 3.68. The molecule has 2 aromatic carbocycles. The Labute approximate surface area is 107 Å². The van der Waals surface area contributed by atoms with E-state index in [9.17, 15) is 0 Å². The molecule has 0 radical (unpaired) electrons. The lowest BCUT2D eigenvalue weighted by Crippen LogP contribution is -2.15. The van der Waals surface area contributed by atoms with Crippen LogP contribution in [-0.2, 0) is 4.74 Å². The van der Waals surface area contributed by atoms with E-state index in [2.05, 4.69) is 10.3 Å². The number of para-hydroxylation sites is 2. The molecule has 2 aromatic rings. The average molecular weight is 240 g/mol. The molecule has 0 atom stereocenters. The molecule has 92 valence electrons. The van der Waals surface area contributed by atoms with Crippen molar-refractivity contribution in [1.29, 1.82) is 0 Å². The Morgan fingerprint density at radius 3 is 2.22 bits per heavy atom. The molecule has 0 bridgehead atoms. The van der Waals surface area contributed by atoms with Gasteiger partial charge in [-0.3, -0.25) is 0 Å². The molecule has 3 nitrogen and oxygen atoms in total. The van der Waals surface area contributed by atoms with Crippen LogP contribution < -0.4 is 5.32 Å². The number of benzene rings is 2. The number of ether oxygens (including phenoxy) is 1. The summed E-state index contributed by atoms with van der Waals surface area (Å²) < 4.78 is 5.49. The predicted octanol–water partition coefficient (Wildman–Crippen LogP) is 3.82. The molecule has 18 heavy (non-hydrogen) atoms. The number of nitrogens with zero attached hydrogens (tertiary/aromatic N) is 1. The van der Waals surface area contributed by atoms with Gasteiger partial charge in [-0.05, 0) is 31.2 Å². The monoisotopic (exact) mass is 240 g/mol. The number of amidine groups is 1. The van der Waals surface area contributed by atoms with Crippen molar-refractivity contribution in [3.05, 3.63) is 60.7 Å². The first-order valence-corrected chi connectivity index (χ1v) is 5.97. The standard InChI is InChI=1S/C15H16N2O/c1-2-18-15(16-13-9-5-3-6-10-13)17-14-11-7-4-8-12-14/h3-12H,2H2,1H3,(H,16,17). The van der Waals surface area contributed by atoms with Crippen LogP contribution in [0.4, 0.5) is 11.4 Å². The molecule has 0 fully saturated rings. The third kappa shape index (κ3) is 3.63. The highest BCUT2D eigenvalue weighted by Gasteiger charge is 2.00. The molecule has 3 heteroatoms. The molecule has 0 aliphatic heterocycles. The van der Waals surface area contributed by atoms with Crippen molar-refractivity contribution in [2.24, 2.45) is 4.99 Å². The fourth-order valence-corrected chi connectivity index (χ4v) is 1.50. The molecule has 0 unspecified atom stereocenters. The van der Waals surface area contributed by atoms with Gasteiger partial charge in [-0.15, -0.1) is 0 Å². The van der Waals surface area contributed by atoms with Crippen LogP contribution in [0.5, 0.6) is 0 Å². The maximum atomic E-state index is 5.49. The molecule has 0 saturated carbocycles. The van der Waals surface area contributed by atoms with Crippen molar-refractivity contribution < 1.29 is 4.74 Å². The minimum atomic E-state index is 0.509. The molecule has 0 saturated heterocycles. The van der Waals surface area contributed by atoms with E-state index in [1.54, 1.807) is 0 Å². The summed E-state index contributed by atoms with van der Waals surface area (Å²) in [7, 11) is 0. The lowest BCUT2D eigenvalue weighted by atomic mass is 10.3. The van der Waals surface area contributed by atoms with Crippen molar-refractivity contribution in [3.8, 4) is 0 Å². The normalized spacial score (nSPS) is 11.1. The Balaban J connectivity index is 2.16. The van der Waals surface area contributed by atoms with E-state index >= 15 is 0 Å². The van der Waals surface area contributed by atoms with Gasteiger partial charge in [-0.25, -0.2) is 0 Å². The van der Waals surface area contributed by atoms with Gasteiger partial charge in [0.1, 0.15) is 0 Å². The zero-order chi connectivity index (χ0) is 12.6. The average Bonchev–Trinajstić information content (AvgIpc) is 2.41. The van der Waals surface area contributed by atoms with Gasteiger partial charge in [-0.2, -0.15) is 4.99 Å². The van der Waals surface area contributed by atoms with Crippen LogP contribution in [0.1, 0.15) is 6.92 Å². The van der Waals surface area contributed by atoms with Gasteiger partial charge in [0.2, 0.25) is 0 Å². The fraction of sp³-hybridized carbons (Fsp3) is 0.133. The zero-order valence-corrected chi connectivity index (χ0v) is 10.3. The third-order valence-corrected chi connectivity index (χ3v) is 2.29. The molecule has 0 aliphatic rings. The largest absolute Gasteiger partial charge is 0.465 e. The Hall–Kier alpha value is -2.29. The van der Waals surface area contributed by atoms with E-state index in [-0.39, 0.29) is 0 Å². The minimum Gasteiger partial charge on any atom is -0.465 e. The first-order valence-electron chi connectivity index (χ1n) is 5.97. The van der Waals surface area contributed by atoms with Crippen molar-refractivity contribution in [3.63, 3.8) is 0 Å². The quantitative estimate of drug-likeness (QED) is 0.653. The second-order valence-corrected chi connectivity index (χ2v) is 3.68. The SMILES string of the molecule is CCO/C(=N\c1ccccc1)Nc1ccccc1. The second kappa shape index (κ2) is 6.45. The van der Waals surface area contributed by atoms with Crippen LogP contribution in [-0.4, -0.2) is 12.6 Å². The topological polar surface area (TPSA) is 33.6 Å². The smallest absolute Gasteiger partial charge is 0.294 e. The van der Waals surface area contributed by atoms with Gasteiger partial charge in [0, 0.05) is 5.69 Å². The molecule has 1 N–H and O–H groups in total. The van der Waals surface area contributed by atoms with Gasteiger partial charge >= 0.3 is 0 Å². The number of hydrogen-bond acceptors (Lipinski definition) is 2. The van der Waals surface area contributed by atoms with Crippen molar-refractivity contribution in [1.82, 2.24) is 0 Å². The zero-order valence-electron chi connectivity index (χ0n) is 10.3. The van der Waals surface area contributed by atoms with Gasteiger partial charge in [0.15, 0.2) is 0 Å². The molecule has 0 aromatic heterocycles. The summed E-state index contributed by atoms with van der Waals surface area (Å²) in [5, 5.41) is 3.16. The summed E-state index contributed by atoms with van der Waals surface area (Å²) in [6.07, 6.45) is 0. The molecular formula is C15H16N2O. The molecule has 2 rings (SSSR count). The Kier molecular flexibility index (Phi) is 4.36. The molecule has 0 spiro atoms. The van der Waals surface area contributed by atoms with Crippen LogP contribution in [0, 0.1) is 0 Å². The lowest BCUT2D eigenvalue weighted by Gasteiger charge is -2.09. The van der Waals surface area contributed by atoms with E-state index in [4.69, 9.17) is 4.74 Å². The maximum absolute atomic E-state index is 5.49. The highest BCUT2D eigenvalue weighted by Crippen LogP contribution is 2.12. The van der Waals surface area contributed by atoms with Crippen LogP contribution in [0.3, 0.4) is 0 Å². The van der Waals surface area contributed by atoms with Crippen LogP contribution in [0.2, 0.25) is 0 Å². The summed E-state index contributed by atoms with van der Waals surface area (Å²) in [6, 6.07) is 20.1. The van der Waals surface area contributed by atoms with Gasteiger partial charge in [0.05, 0.1) is 12.3 Å². The van der Waals surface area contributed by atoms with Crippen LogP contribution >= 0.6 is 0 Å². The fourth-order valence-electron chi connectivity index (χ4n) is 1.50. The number of rotatable bonds is 3. The summed E-state index contributed by atoms with van der Waals surface area (Å²) in [4.78, 5) is 4.43. The molecule has 0 heterocycles. The summed E-state index contributed by atoms with van der Waals surface area (Å²) in [6.45, 7) is 2.51. The Morgan fingerprint density at radius 2 is 1.61 bits per heavy atom. The number of anilines is 1. The summed E-state index contributed by atoms with van der Waals surface area (Å²) >= 11 is 0. The van der Waals surface area contributed by atoms with Gasteiger partial charge in [-0.1, -0.05) is 36.4 Å². The van der Waals surface area contributed by atoms with Crippen LogP contribution in [0.15, 0.2) is 65.7 Å². The molecule has 0 amide bonds. The lowest BCUT2D eigenvalue weighted by molar-refractivity contribution is 0.326. The summed E-state index contributed by atoms with van der Waals surface area (Å²) in [5.74, 6) is 0. The highest BCUT2D eigenvalue weighted by atomic mass is 16.5. The van der Waals surface area contributed by atoms with Crippen molar-refractivity contribution in [2.75, 3.05) is 11.9 Å². The minimum absolute atomic E-state index is 0.509. The maximum Gasteiger partial charge on any atom is 0.294 e. The van der Waals surface area contributed by atoms with E-state index in [1.807, 2.05) is 67.6 Å². The number of nitrogens with one attached hydrogen (secondary N) is 1.